The number of halogens is 3. The molecule has 0 aliphatic rings. The van der Waals surface area contributed by atoms with Gasteiger partial charge in [-0.05, 0) is 18.2 Å². The number of aromatic nitrogens is 2. The standard InChI is InChI=1S/C14H9F3N2O3/c1-19-10(6-9(18-19)13(20)21)12-4-7-2-3-8(14(15,16)17)5-11(7)22-12/h2-6H,1H3,(H,20,21). The van der Waals surface area contributed by atoms with Gasteiger partial charge in [0.15, 0.2) is 11.5 Å². The number of fused-ring (bicyclic) bond motifs is 1. The number of hydrogen-bond acceptors (Lipinski definition) is 3. The van der Waals surface area contributed by atoms with Gasteiger partial charge in [0.2, 0.25) is 0 Å². The highest BCUT2D eigenvalue weighted by Gasteiger charge is 2.31. The molecule has 1 aromatic carbocycles. The molecule has 0 saturated carbocycles. The summed E-state index contributed by atoms with van der Waals surface area (Å²) in [6.45, 7) is 0. The summed E-state index contributed by atoms with van der Waals surface area (Å²) in [5.41, 5.74) is -0.545. The van der Waals surface area contributed by atoms with E-state index in [9.17, 15) is 18.0 Å². The predicted octanol–water partition coefficient (Wildman–Crippen LogP) is 3.55. The van der Waals surface area contributed by atoms with Crippen molar-refractivity contribution in [1.29, 1.82) is 0 Å². The van der Waals surface area contributed by atoms with Gasteiger partial charge in [-0.3, -0.25) is 4.68 Å². The zero-order valence-corrected chi connectivity index (χ0v) is 11.2. The van der Waals surface area contributed by atoms with Crippen LogP contribution in [0.4, 0.5) is 13.2 Å². The molecule has 2 aromatic heterocycles. The minimum absolute atomic E-state index is 0.0721. The van der Waals surface area contributed by atoms with Crippen LogP contribution in [0.15, 0.2) is 34.7 Å². The second kappa shape index (κ2) is 4.62. The van der Waals surface area contributed by atoms with Crippen molar-refractivity contribution in [3.63, 3.8) is 0 Å². The monoisotopic (exact) mass is 310 g/mol. The van der Waals surface area contributed by atoms with Crippen LogP contribution in [0.1, 0.15) is 16.1 Å². The number of aromatic carboxylic acids is 1. The highest BCUT2D eigenvalue weighted by atomic mass is 19.4. The number of hydrogen-bond donors (Lipinski definition) is 1. The fourth-order valence-electron chi connectivity index (χ4n) is 2.14. The van der Waals surface area contributed by atoms with Gasteiger partial charge in [-0.2, -0.15) is 18.3 Å². The summed E-state index contributed by atoms with van der Waals surface area (Å²) in [7, 11) is 1.52. The molecule has 3 rings (SSSR count). The molecule has 3 aromatic rings. The summed E-state index contributed by atoms with van der Waals surface area (Å²) >= 11 is 0. The Bertz CT molecular complexity index is 877. The van der Waals surface area contributed by atoms with Crippen LogP contribution in [0.25, 0.3) is 22.4 Å². The van der Waals surface area contributed by atoms with Gasteiger partial charge >= 0.3 is 12.1 Å². The first kappa shape index (κ1) is 14.2. The maximum Gasteiger partial charge on any atom is 0.416 e. The van der Waals surface area contributed by atoms with E-state index in [-0.39, 0.29) is 17.0 Å². The van der Waals surface area contributed by atoms with Crippen LogP contribution in [-0.2, 0) is 13.2 Å². The zero-order chi connectivity index (χ0) is 16.1. The fraction of sp³-hybridized carbons (Fsp3) is 0.143. The molecule has 1 N–H and O–H groups in total. The maximum atomic E-state index is 12.7. The van der Waals surface area contributed by atoms with Gasteiger partial charge in [-0.1, -0.05) is 6.07 Å². The number of carbonyl (C=O) groups is 1. The van der Waals surface area contributed by atoms with E-state index in [1.807, 2.05) is 0 Å². The minimum atomic E-state index is -4.45. The normalized spacial score (nSPS) is 12.0. The summed E-state index contributed by atoms with van der Waals surface area (Å²) in [5.74, 6) is -0.950. The van der Waals surface area contributed by atoms with Gasteiger partial charge in [0.1, 0.15) is 11.3 Å². The highest BCUT2D eigenvalue weighted by molar-refractivity contribution is 5.88. The third-order valence-corrected chi connectivity index (χ3v) is 3.20. The first-order valence-electron chi connectivity index (χ1n) is 6.14. The Balaban J connectivity index is 2.11. The third-order valence-electron chi connectivity index (χ3n) is 3.20. The summed E-state index contributed by atoms with van der Waals surface area (Å²) in [5, 5.41) is 13.2. The molecule has 8 heteroatoms. The number of carboxylic acid groups (broad SMARTS) is 1. The minimum Gasteiger partial charge on any atom is -0.476 e. The molecule has 0 fully saturated rings. The highest BCUT2D eigenvalue weighted by Crippen LogP contribution is 2.34. The van der Waals surface area contributed by atoms with E-state index in [1.165, 1.54) is 29.9 Å². The van der Waals surface area contributed by atoms with Gasteiger partial charge in [-0.25, -0.2) is 4.79 Å². The zero-order valence-electron chi connectivity index (χ0n) is 11.2. The number of benzene rings is 1. The Morgan fingerprint density at radius 1 is 1.27 bits per heavy atom. The van der Waals surface area contributed by atoms with Crippen LogP contribution in [0, 0.1) is 0 Å². The lowest BCUT2D eigenvalue weighted by molar-refractivity contribution is -0.137. The van der Waals surface area contributed by atoms with Crippen LogP contribution in [0.3, 0.4) is 0 Å². The number of nitrogens with zero attached hydrogens (tertiary/aromatic N) is 2. The average Bonchev–Trinajstić information content (AvgIpc) is 2.99. The molecular formula is C14H9F3N2O3. The molecule has 5 nitrogen and oxygen atoms in total. The van der Waals surface area contributed by atoms with Crippen molar-refractivity contribution in [2.75, 3.05) is 0 Å². The van der Waals surface area contributed by atoms with E-state index >= 15 is 0 Å². The molecule has 0 radical (unpaired) electrons. The van der Waals surface area contributed by atoms with Crippen molar-refractivity contribution in [2.24, 2.45) is 7.05 Å². The Kier molecular flexibility index (Phi) is 2.98. The molecule has 0 aliphatic carbocycles. The van der Waals surface area contributed by atoms with Gasteiger partial charge in [0, 0.05) is 18.5 Å². The lowest BCUT2D eigenvalue weighted by Gasteiger charge is -2.04. The molecular weight excluding hydrogens is 301 g/mol. The van der Waals surface area contributed by atoms with Crippen LogP contribution in [0.2, 0.25) is 0 Å². The van der Waals surface area contributed by atoms with Crippen molar-refractivity contribution in [1.82, 2.24) is 9.78 Å². The van der Waals surface area contributed by atoms with Gasteiger partial charge < -0.3 is 9.52 Å². The quantitative estimate of drug-likeness (QED) is 0.786. The first-order valence-corrected chi connectivity index (χ1v) is 6.14. The fourth-order valence-corrected chi connectivity index (χ4v) is 2.14. The Morgan fingerprint density at radius 3 is 2.59 bits per heavy atom. The lowest BCUT2D eigenvalue weighted by atomic mass is 10.1. The van der Waals surface area contributed by atoms with Gasteiger partial charge in [0.25, 0.3) is 0 Å². The molecule has 0 spiro atoms. The maximum absolute atomic E-state index is 12.7. The van der Waals surface area contributed by atoms with Crippen LogP contribution >= 0.6 is 0 Å². The van der Waals surface area contributed by atoms with E-state index in [2.05, 4.69) is 5.10 Å². The van der Waals surface area contributed by atoms with Crippen LogP contribution < -0.4 is 0 Å². The second-order valence-electron chi connectivity index (χ2n) is 4.70. The molecule has 0 atom stereocenters. The lowest BCUT2D eigenvalue weighted by Crippen LogP contribution is -2.03. The van der Waals surface area contributed by atoms with Crippen molar-refractivity contribution in [3.8, 4) is 11.5 Å². The molecule has 2 heterocycles. The number of furan rings is 1. The summed E-state index contributed by atoms with van der Waals surface area (Å²) in [6, 6.07) is 6.02. The smallest absolute Gasteiger partial charge is 0.416 e. The molecule has 0 saturated heterocycles. The molecule has 0 aliphatic heterocycles. The Labute approximate surface area is 121 Å². The third kappa shape index (κ3) is 2.32. The number of rotatable bonds is 2. The largest absolute Gasteiger partial charge is 0.476 e. The van der Waals surface area contributed by atoms with Crippen LogP contribution in [0.5, 0.6) is 0 Å². The van der Waals surface area contributed by atoms with Crippen LogP contribution in [-0.4, -0.2) is 20.9 Å². The summed E-state index contributed by atoms with van der Waals surface area (Å²) in [4.78, 5) is 10.9. The van der Waals surface area contributed by atoms with E-state index in [0.29, 0.717) is 11.1 Å². The van der Waals surface area contributed by atoms with Crippen molar-refractivity contribution < 1.29 is 27.5 Å². The predicted molar refractivity (Wildman–Crippen MR) is 70.4 cm³/mol. The van der Waals surface area contributed by atoms with Crippen molar-refractivity contribution >= 4 is 16.9 Å². The Morgan fingerprint density at radius 2 is 2.00 bits per heavy atom. The van der Waals surface area contributed by atoms with E-state index < -0.39 is 17.7 Å². The number of carboxylic acids is 1. The summed E-state index contributed by atoms with van der Waals surface area (Å²) in [6.07, 6.45) is -4.45. The topological polar surface area (TPSA) is 68.3 Å². The number of aryl methyl sites for hydroxylation is 1. The molecule has 0 bridgehead atoms. The first-order chi connectivity index (χ1) is 10.3. The van der Waals surface area contributed by atoms with Gasteiger partial charge in [0.05, 0.1) is 5.56 Å². The van der Waals surface area contributed by atoms with Crippen molar-refractivity contribution in [3.05, 3.63) is 41.6 Å². The van der Waals surface area contributed by atoms with E-state index in [0.717, 1.165) is 12.1 Å². The number of alkyl halides is 3. The molecule has 0 amide bonds. The Hall–Kier alpha value is -2.77. The average molecular weight is 310 g/mol. The molecule has 0 unspecified atom stereocenters. The molecule has 114 valence electrons. The van der Waals surface area contributed by atoms with E-state index in [1.54, 1.807) is 0 Å². The summed E-state index contributed by atoms with van der Waals surface area (Å²) < 4.78 is 44.7. The van der Waals surface area contributed by atoms with Gasteiger partial charge in [-0.15, -0.1) is 0 Å². The van der Waals surface area contributed by atoms with Crippen molar-refractivity contribution in [2.45, 2.75) is 6.18 Å². The molecule has 22 heavy (non-hydrogen) atoms. The second-order valence-corrected chi connectivity index (χ2v) is 4.70. The van der Waals surface area contributed by atoms with E-state index in [4.69, 9.17) is 9.52 Å². The SMILES string of the molecule is Cn1nc(C(=O)O)cc1-c1cc2ccc(C(F)(F)F)cc2o1.